The van der Waals surface area contributed by atoms with Crippen LogP contribution in [0.25, 0.3) is 0 Å². The van der Waals surface area contributed by atoms with E-state index in [-0.39, 0.29) is 19.0 Å². The number of aromatic nitrogens is 1. The Balaban J connectivity index is 2.00. The number of halogens is 3. The highest BCUT2D eigenvalue weighted by atomic mass is 32.1. The predicted molar refractivity (Wildman–Crippen MR) is 72.3 cm³/mol. The monoisotopic (exact) mass is 322 g/mol. The fourth-order valence-corrected chi connectivity index (χ4v) is 3.24. The van der Waals surface area contributed by atoms with Gasteiger partial charge in [0.2, 0.25) is 0 Å². The second kappa shape index (κ2) is 5.92. The van der Waals surface area contributed by atoms with E-state index in [1.807, 2.05) is 6.92 Å². The second-order valence-electron chi connectivity index (χ2n) is 5.19. The third-order valence-electron chi connectivity index (χ3n) is 3.63. The van der Waals surface area contributed by atoms with Crippen LogP contribution in [0.15, 0.2) is 6.20 Å². The number of carbonyl (C=O) groups excluding carboxylic acids is 1. The molecule has 1 aromatic rings. The molecule has 4 nitrogen and oxygen atoms in total. The largest absolute Gasteiger partial charge is 0.417 e. The zero-order chi connectivity index (χ0) is 15.7. The first-order valence-electron chi connectivity index (χ1n) is 6.80. The summed E-state index contributed by atoms with van der Waals surface area (Å²) in [5, 5.41) is 10.4. The van der Waals surface area contributed by atoms with E-state index in [1.165, 1.54) is 22.4 Å². The summed E-state index contributed by atoms with van der Waals surface area (Å²) in [5.41, 5.74) is -2.68. The third kappa shape index (κ3) is 3.37. The van der Waals surface area contributed by atoms with Gasteiger partial charge in [0.1, 0.15) is 4.88 Å². The molecular weight excluding hydrogens is 305 g/mol. The number of hydrogen-bond acceptors (Lipinski definition) is 4. The third-order valence-corrected chi connectivity index (χ3v) is 4.68. The molecule has 1 aromatic heterocycles. The van der Waals surface area contributed by atoms with Crippen molar-refractivity contribution in [2.75, 3.05) is 13.1 Å². The number of hydrogen-bond donors (Lipinski definition) is 1. The lowest BCUT2D eigenvalue weighted by molar-refractivity contribution is -0.271. The van der Waals surface area contributed by atoms with Crippen LogP contribution in [-0.2, 0) is 6.42 Å². The molecule has 2 heterocycles. The van der Waals surface area contributed by atoms with E-state index in [9.17, 15) is 23.1 Å². The lowest BCUT2D eigenvalue weighted by atomic mass is 9.91. The number of likely N-dealkylation sites (tertiary alicyclic amines) is 1. The molecule has 0 aromatic carbocycles. The molecule has 8 heteroatoms. The first-order valence-corrected chi connectivity index (χ1v) is 7.61. The van der Waals surface area contributed by atoms with Crippen LogP contribution in [0.3, 0.4) is 0 Å². The average Bonchev–Trinajstić information content (AvgIpc) is 2.87. The number of piperidine rings is 1. The minimum Gasteiger partial charge on any atom is -0.380 e. The molecular formula is C13H17F3N2O2S. The fraction of sp³-hybridized carbons (Fsp3) is 0.692. The predicted octanol–water partition coefficient (Wildman–Crippen LogP) is 2.63. The summed E-state index contributed by atoms with van der Waals surface area (Å²) >= 11 is 1.28. The van der Waals surface area contributed by atoms with Crippen molar-refractivity contribution in [2.24, 2.45) is 0 Å². The highest BCUT2D eigenvalue weighted by molar-refractivity contribution is 7.13. The molecule has 2 rings (SSSR count). The van der Waals surface area contributed by atoms with E-state index in [4.69, 9.17) is 0 Å². The molecule has 0 bridgehead atoms. The Morgan fingerprint density at radius 1 is 1.48 bits per heavy atom. The molecule has 0 saturated carbocycles. The van der Waals surface area contributed by atoms with E-state index in [0.717, 1.165) is 17.8 Å². The average molecular weight is 322 g/mol. The van der Waals surface area contributed by atoms with Crippen molar-refractivity contribution in [3.05, 3.63) is 16.1 Å². The summed E-state index contributed by atoms with van der Waals surface area (Å²) < 4.78 is 38.1. The molecule has 1 aliphatic rings. The maximum absolute atomic E-state index is 12.7. The lowest BCUT2D eigenvalue weighted by Gasteiger charge is -2.38. The molecule has 0 atom stereocenters. The van der Waals surface area contributed by atoms with Crippen LogP contribution in [0.2, 0.25) is 0 Å². The van der Waals surface area contributed by atoms with E-state index in [2.05, 4.69) is 4.98 Å². The van der Waals surface area contributed by atoms with Gasteiger partial charge in [-0.2, -0.15) is 13.2 Å². The van der Waals surface area contributed by atoms with Crippen molar-refractivity contribution < 1.29 is 23.1 Å². The quantitative estimate of drug-likeness (QED) is 0.931. The number of alkyl halides is 3. The van der Waals surface area contributed by atoms with Crippen molar-refractivity contribution in [1.29, 1.82) is 0 Å². The molecule has 1 saturated heterocycles. The Hall–Kier alpha value is -1.15. The highest BCUT2D eigenvalue weighted by Crippen LogP contribution is 2.38. The molecule has 0 unspecified atom stereocenters. The van der Waals surface area contributed by atoms with Crippen LogP contribution in [0, 0.1) is 0 Å². The Morgan fingerprint density at radius 2 is 2.10 bits per heavy atom. The Morgan fingerprint density at radius 3 is 2.62 bits per heavy atom. The fourth-order valence-electron chi connectivity index (χ4n) is 2.26. The summed E-state index contributed by atoms with van der Waals surface area (Å²) in [6, 6.07) is 0. The number of amides is 1. The number of aryl methyl sites for hydroxylation is 1. The van der Waals surface area contributed by atoms with Gasteiger partial charge in [-0.3, -0.25) is 4.79 Å². The number of nitrogens with zero attached hydrogens (tertiary/aromatic N) is 2. The van der Waals surface area contributed by atoms with Gasteiger partial charge in [-0.1, -0.05) is 6.92 Å². The van der Waals surface area contributed by atoms with E-state index >= 15 is 0 Å². The number of rotatable bonds is 3. The first kappa shape index (κ1) is 16.2. The SMILES string of the molecule is CCCc1ncc(C(=O)N2CCC(O)(C(F)(F)F)CC2)s1. The van der Waals surface area contributed by atoms with Crippen LogP contribution < -0.4 is 0 Å². The van der Waals surface area contributed by atoms with Crippen LogP contribution >= 0.6 is 11.3 Å². The molecule has 1 N–H and O–H groups in total. The molecule has 0 aliphatic carbocycles. The van der Waals surface area contributed by atoms with Gasteiger partial charge >= 0.3 is 6.18 Å². The van der Waals surface area contributed by atoms with E-state index < -0.39 is 24.6 Å². The topological polar surface area (TPSA) is 53.4 Å². The van der Waals surface area contributed by atoms with Crippen LogP contribution in [0.1, 0.15) is 40.9 Å². The lowest BCUT2D eigenvalue weighted by Crippen LogP contribution is -2.54. The van der Waals surface area contributed by atoms with Gasteiger partial charge in [0.25, 0.3) is 5.91 Å². The number of carbonyl (C=O) groups is 1. The second-order valence-corrected chi connectivity index (χ2v) is 6.30. The van der Waals surface area contributed by atoms with Crippen molar-refractivity contribution in [1.82, 2.24) is 9.88 Å². The van der Waals surface area contributed by atoms with E-state index in [1.54, 1.807) is 0 Å². The molecule has 21 heavy (non-hydrogen) atoms. The van der Waals surface area contributed by atoms with Gasteiger partial charge in [0, 0.05) is 25.9 Å². The summed E-state index contributed by atoms with van der Waals surface area (Å²) in [7, 11) is 0. The first-order chi connectivity index (χ1) is 9.77. The maximum atomic E-state index is 12.7. The van der Waals surface area contributed by atoms with Crippen LogP contribution in [-0.4, -0.2) is 45.8 Å². The van der Waals surface area contributed by atoms with Crippen molar-refractivity contribution in [3.8, 4) is 0 Å². The van der Waals surface area contributed by atoms with Gasteiger partial charge in [-0.05, 0) is 12.8 Å². The Bertz CT molecular complexity index is 508. The van der Waals surface area contributed by atoms with Gasteiger partial charge in [-0.25, -0.2) is 4.98 Å². The normalized spacial score (nSPS) is 18.8. The minimum absolute atomic E-state index is 0.101. The Kier molecular flexibility index (Phi) is 4.57. The molecule has 0 spiro atoms. The molecule has 1 fully saturated rings. The zero-order valence-electron chi connectivity index (χ0n) is 11.6. The molecule has 1 amide bonds. The standard InChI is InChI=1S/C13H17F3N2O2S/c1-2-3-10-17-8-9(21-10)11(19)18-6-4-12(20,5-7-18)13(14,15)16/h8,20H,2-7H2,1H3. The zero-order valence-corrected chi connectivity index (χ0v) is 12.4. The molecule has 118 valence electrons. The van der Waals surface area contributed by atoms with Gasteiger partial charge < -0.3 is 10.0 Å². The van der Waals surface area contributed by atoms with Crippen molar-refractivity contribution >= 4 is 17.2 Å². The highest BCUT2D eigenvalue weighted by Gasteiger charge is 2.54. The number of thiazole rings is 1. The Labute approximate surface area is 124 Å². The van der Waals surface area contributed by atoms with E-state index in [0.29, 0.717) is 4.88 Å². The maximum Gasteiger partial charge on any atom is 0.417 e. The smallest absolute Gasteiger partial charge is 0.380 e. The van der Waals surface area contributed by atoms with Gasteiger partial charge in [0.15, 0.2) is 5.60 Å². The molecule has 0 radical (unpaired) electrons. The minimum atomic E-state index is -4.65. The van der Waals surface area contributed by atoms with Crippen molar-refractivity contribution in [3.63, 3.8) is 0 Å². The summed E-state index contributed by atoms with van der Waals surface area (Å²) in [4.78, 5) is 18.1. The summed E-state index contributed by atoms with van der Waals surface area (Å²) in [5.74, 6) is -0.306. The summed E-state index contributed by atoms with van der Waals surface area (Å²) in [6.45, 7) is 1.80. The van der Waals surface area contributed by atoms with Gasteiger partial charge in [0.05, 0.1) is 11.2 Å². The summed E-state index contributed by atoms with van der Waals surface area (Å²) in [6.07, 6.45) is -2.44. The number of aliphatic hydroxyl groups is 1. The van der Waals surface area contributed by atoms with Crippen molar-refractivity contribution in [2.45, 2.75) is 44.4 Å². The molecule has 1 aliphatic heterocycles. The van der Waals surface area contributed by atoms with Crippen LogP contribution in [0.5, 0.6) is 0 Å². The van der Waals surface area contributed by atoms with Gasteiger partial charge in [-0.15, -0.1) is 11.3 Å². The van der Waals surface area contributed by atoms with Crippen LogP contribution in [0.4, 0.5) is 13.2 Å².